The van der Waals surface area contributed by atoms with Gasteiger partial charge in [-0.15, -0.1) is 0 Å². The maximum atomic E-state index is 2.24. The van der Waals surface area contributed by atoms with Crippen LogP contribution in [-0.2, 0) is 0 Å². The highest BCUT2D eigenvalue weighted by atomic mass is 15.1. The molecule has 0 radical (unpaired) electrons. The highest BCUT2D eigenvalue weighted by Crippen LogP contribution is 2.31. The molecule has 16 heavy (non-hydrogen) atoms. The molecule has 0 aliphatic rings. The molecule has 0 aromatic heterocycles. The lowest BCUT2D eigenvalue weighted by molar-refractivity contribution is 1.08. The number of rotatable bonds is 2. The van der Waals surface area contributed by atoms with E-state index in [1.165, 1.54) is 22.1 Å². The SMILES string of the molecule is CN(C)c1cc2ccccc2cc1N(C)C. The van der Waals surface area contributed by atoms with Crippen molar-refractivity contribution in [1.82, 2.24) is 0 Å². The first kappa shape index (κ1) is 10.8. The molecule has 2 aromatic rings. The first-order chi connectivity index (χ1) is 7.59. The zero-order chi connectivity index (χ0) is 11.7. The maximum absolute atomic E-state index is 2.24. The highest BCUT2D eigenvalue weighted by Gasteiger charge is 2.08. The summed E-state index contributed by atoms with van der Waals surface area (Å²) in [7, 11) is 8.32. The molecule has 2 aromatic carbocycles. The van der Waals surface area contributed by atoms with Gasteiger partial charge in [0.1, 0.15) is 0 Å². The summed E-state index contributed by atoms with van der Waals surface area (Å²) in [4.78, 5) is 4.31. The van der Waals surface area contributed by atoms with Gasteiger partial charge in [-0.1, -0.05) is 24.3 Å². The Balaban J connectivity index is 2.71. The van der Waals surface area contributed by atoms with Gasteiger partial charge in [0.2, 0.25) is 0 Å². The summed E-state index contributed by atoms with van der Waals surface area (Å²) in [5, 5.41) is 2.58. The van der Waals surface area contributed by atoms with E-state index in [0.29, 0.717) is 0 Å². The number of benzene rings is 2. The summed E-state index contributed by atoms with van der Waals surface area (Å²) >= 11 is 0. The third kappa shape index (κ3) is 1.83. The summed E-state index contributed by atoms with van der Waals surface area (Å²) < 4.78 is 0. The Bertz CT molecular complexity index is 455. The van der Waals surface area contributed by atoms with Crippen molar-refractivity contribution < 1.29 is 0 Å². The van der Waals surface area contributed by atoms with Crippen molar-refractivity contribution in [2.24, 2.45) is 0 Å². The molecule has 0 heterocycles. The molecule has 0 amide bonds. The maximum Gasteiger partial charge on any atom is 0.0605 e. The molecule has 0 spiro atoms. The van der Waals surface area contributed by atoms with Crippen molar-refractivity contribution in [1.29, 1.82) is 0 Å². The van der Waals surface area contributed by atoms with E-state index in [9.17, 15) is 0 Å². The first-order valence-electron chi connectivity index (χ1n) is 5.47. The second kappa shape index (κ2) is 4.05. The van der Waals surface area contributed by atoms with Crippen LogP contribution in [0.2, 0.25) is 0 Å². The average molecular weight is 214 g/mol. The van der Waals surface area contributed by atoms with E-state index >= 15 is 0 Å². The molecule has 0 atom stereocenters. The van der Waals surface area contributed by atoms with Crippen molar-refractivity contribution in [3.8, 4) is 0 Å². The number of hydrogen-bond donors (Lipinski definition) is 0. The lowest BCUT2D eigenvalue weighted by Gasteiger charge is -2.23. The van der Waals surface area contributed by atoms with Crippen LogP contribution in [0.3, 0.4) is 0 Å². The van der Waals surface area contributed by atoms with Crippen molar-refractivity contribution in [2.75, 3.05) is 38.0 Å². The van der Waals surface area contributed by atoms with Crippen molar-refractivity contribution in [3.63, 3.8) is 0 Å². The lowest BCUT2D eigenvalue weighted by Crippen LogP contribution is -2.16. The van der Waals surface area contributed by atoms with E-state index < -0.39 is 0 Å². The predicted molar refractivity (Wildman–Crippen MR) is 72.6 cm³/mol. The van der Waals surface area contributed by atoms with Gasteiger partial charge >= 0.3 is 0 Å². The zero-order valence-corrected chi connectivity index (χ0v) is 10.4. The van der Waals surface area contributed by atoms with Crippen LogP contribution in [0.25, 0.3) is 10.8 Å². The summed E-state index contributed by atoms with van der Waals surface area (Å²) in [6.45, 7) is 0. The molecule has 0 saturated heterocycles. The second-order valence-electron chi connectivity index (χ2n) is 4.48. The molecule has 0 aliphatic carbocycles. The van der Waals surface area contributed by atoms with Gasteiger partial charge in [-0.25, -0.2) is 0 Å². The molecule has 84 valence electrons. The van der Waals surface area contributed by atoms with Gasteiger partial charge in [0.15, 0.2) is 0 Å². The minimum Gasteiger partial charge on any atom is -0.376 e. The molecule has 2 nitrogen and oxygen atoms in total. The summed E-state index contributed by atoms with van der Waals surface area (Å²) in [6, 6.07) is 13.0. The van der Waals surface area contributed by atoms with Crippen LogP contribution in [0, 0.1) is 0 Å². The predicted octanol–water partition coefficient (Wildman–Crippen LogP) is 2.97. The Labute approximate surface area is 97.1 Å². The Hall–Kier alpha value is -1.70. The van der Waals surface area contributed by atoms with Crippen LogP contribution in [0.5, 0.6) is 0 Å². The Kier molecular flexibility index (Phi) is 2.73. The van der Waals surface area contributed by atoms with Crippen LogP contribution >= 0.6 is 0 Å². The van der Waals surface area contributed by atoms with E-state index in [1.807, 2.05) is 0 Å². The molecular weight excluding hydrogens is 196 g/mol. The summed E-state index contributed by atoms with van der Waals surface area (Å²) in [6.07, 6.45) is 0. The number of fused-ring (bicyclic) bond motifs is 1. The number of anilines is 2. The fourth-order valence-corrected chi connectivity index (χ4v) is 1.93. The minimum absolute atomic E-state index is 1.25. The molecule has 0 saturated carbocycles. The van der Waals surface area contributed by atoms with E-state index in [2.05, 4.69) is 74.4 Å². The molecule has 2 heteroatoms. The van der Waals surface area contributed by atoms with Gasteiger partial charge in [0.05, 0.1) is 11.4 Å². The standard InChI is InChI=1S/C14H18N2/c1-15(2)13-9-11-7-5-6-8-12(11)10-14(13)16(3)4/h5-10H,1-4H3. The van der Waals surface area contributed by atoms with Gasteiger partial charge in [-0.3, -0.25) is 0 Å². The number of hydrogen-bond acceptors (Lipinski definition) is 2. The van der Waals surface area contributed by atoms with Crippen molar-refractivity contribution in [2.45, 2.75) is 0 Å². The summed E-state index contributed by atoms with van der Waals surface area (Å²) in [5.41, 5.74) is 2.51. The minimum atomic E-state index is 1.25. The van der Waals surface area contributed by atoms with E-state index in [0.717, 1.165) is 0 Å². The van der Waals surface area contributed by atoms with Crippen LogP contribution in [-0.4, -0.2) is 28.2 Å². The monoisotopic (exact) mass is 214 g/mol. The topological polar surface area (TPSA) is 6.48 Å². The van der Waals surface area contributed by atoms with E-state index in [4.69, 9.17) is 0 Å². The lowest BCUT2D eigenvalue weighted by atomic mass is 10.1. The van der Waals surface area contributed by atoms with E-state index in [1.54, 1.807) is 0 Å². The molecule has 2 rings (SSSR count). The van der Waals surface area contributed by atoms with Gasteiger partial charge in [-0.2, -0.15) is 0 Å². The van der Waals surface area contributed by atoms with Crippen molar-refractivity contribution in [3.05, 3.63) is 36.4 Å². The molecular formula is C14H18N2. The fourth-order valence-electron chi connectivity index (χ4n) is 1.93. The first-order valence-corrected chi connectivity index (χ1v) is 5.47. The molecule has 0 unspecified atom stereocenters. The van der Waals surface area contributed by atoms with Crippen molar-refractivity contribution >= 4 is 22.1 Å². The largest absolute Gasteiger partial charge is 0.376 e. The Morgan fingerprint density at radius 2 is 1.06 bits per heavy atom. The Morgan fingerprint density at radius 1 is 0.688 bits per heavy atom. The molecule has 0 fully saturated rings. The Morgan fingerprint density at radius 3 is 1.38 bits per heavy atom. The quantitative estimate of drug-likeness (QED) is 0.758. The third-order valence-electron chi connectivity index (χ3n) is 2.81. The molecule has 0 aliphatic heterocycles. The molecule has 0 N–H and O–H groups in total. The molecule has 0 bridgehead atoms. The van der Waals surface area contributed by atoms with Crippen LogP contribution in [0.15, 0.2) is 36.4 Å². The van der Waals surface area contributed by atoms with Crippen LogP contribution in [0.1, 0.15) is 0 Å². The van der Waals surface area contributed by atoms with Gasteiger partial charge in [0, 0.05) is 28.2 Å². The van der Waals surface area contributed by atoms with Crippen LogP contribution in [0.4, 0.5) is 11.4 Å². The zero-order valence-electron chi connectivity index (χ0n) is 10.4. The normalized spacial score (nSPS) is 10.5. The highest BCUT2D eigenvalue weighted by molar-refractivity contribution is 5.92. The second-order valence-corrected chi connectivity index (χ2v) is 4.48. The fraction of sp³-hybridized carbons (Fsp3) is 0.286. The summed E-state index contributed by atoms with van der Waals surface area (Å²) in [5.74, 6) is 0. The van der Waals surface area contributed by atoms with E-state index in [-0.39, 0.29) is 0 Å². The van der Waals surface area contributed by atoms with Gasteiger partial charge in [-0.05, 0) is 22.9 Å². The third-order valence-corrected chi connectivity index (χ3v) is 2.81. The van der Waals surface area contributed by atoms with Crippen LogP contribution < -0.4 is 9.80 Å². The van der Waals surface area contributed by atoms with Gasteiger partial charge < -0.3 is 9.80 Å². The van der Waals surface area contributed by atoms with Gasteiger partial charge in [0.25, 0.3) is 0 Å². The number of nitrogens with zero attached hydrogens (tertiary/aromatic N) is 2. The smallest absolute Gasteiger partial charge is 0.0605 e. The average Bonchev–Trinajstić information content (AvgIpc) is 2.27.